The Morgan fingerprint density at radius 2 is 1.20 bits per heavy atom. The van der Waals surface area contributed by atoms with E-state index in [1.807, 2.05) is 48.5 Å². The van der Waals surface area contributed by atoms with Crippen LogP contribution in [-0.4, -0.2) is 21.8 Å². The zero-order chi connectivity index (χ0) is 33.7. The topological polar surface area (TPSA) is 63.3 Å². The lowest BCUT2D eigenvalue weighted by molar-refractivity contribution is 0.620. The SMILES string of the molecule is C1=CC2=C(c3ccccc3)N=C(c3ccc(-c4ccc(-c5nc6ccccc6c6c5ccc5oc(-c7ccccc7)nc56)cc4)cc3)NC2C=C1. The highest BCUT2D eigenvalue weighted by atomic mass is 16.3. The molecule has 10 rings (SSSR count). The van der Waals surface area contributed by atoms with Crippen LogP contribution in [-0.2, 0) is 0 Å². The second-order valence-corrected chi connectivity index (χ2v) is 12.8. The van der Waals surface area contributed by atoms with Gasteiger partial charge in [-0.1, -0.05) is 140 Å². The number of hydrogen-bond acceptors (Lipinski definition) is 5. The molecule has 2 aromatic heterocycles. The Labute approximate surface area is 294 Å². The van der Waals surface area contributed by atoms with Crippen molar-refractivity contribution >= 4 is 44.3 Å². The summed E-state index contributed by atoms with van der Waals surface area (Å²) in [6.45, 7) is 0. The van der Waals surface area contributed by atoms with Crippen molar-refractivity contribution in [2.75, 3.05) is 0 Å². The number of nitrogens with zero attached hydrogens (tertiary/aromatic N) is 3. The molecule has 3 heterocycles. The van der Waals surface area contributed by atoms with E-state index in [4.69, 9.17) is 19.4 Å². The second-order valence-electron chi connectivity index (χ2n) is 12.8. The molecule has 5 nitrogen and oxygen atoms in total. The van der Waals surface area contributed by atoms with Crippen molar-refractivity contribution in [3.8, 4) is 33.8 Å². The fourth-order valence-corrected chi connectivity index (χ4v) is 7.22. The second kappa shape index (κ2) is 11.9. The molecule has 1 atom stereocenters. The molecular weight excluding hydrogens is 625 g/mol. The van der Waals surface area contributed by atoms with Crippen LogP contribution in [0, 0.1) is 0 Å². The third-order valence-electron chi connectivity index (χ3n) is 9.75. The standard InChI is InChI=1S/C46H30N4O/c1-3-11-31(12-4-1)42-36-16-8-10-18-39(36)48-45(49-42)33-25-21-30(22-26-33)29-19-23-32(24-20-29)43-37-27-28-40-44(41(37)35-15-7-9-17-38(35)47-43)50-46(51-40)34-13-5-2-6-14-34/h1-28,39H,(H,48,49). The average molecular weight is 655 g/mol. The van der Waals surface area contributed by atoms with E-state index < -0.39 is 0 Å². The van der Waals surface area contributed by atoms with Crippen LogP contribution in [0.25, 0.3) is 72.3 Å². The van der Waals surface area contributed by atoms with Crippen molar-refractivity contribution in [1.82, 2.24) is 15.3 Å². The first-order valence-corrected chi connectivity index (χ1v) is 17.2. The molecule has 1 aliphatic heterocycles. The molecule has 1 unspecified atom stereocenters. The summed E-state index contributed by atoms with van der Waals surface area (Å²) in [6, 6.07) is 50.2. The summed E-state index contributed by atoms with van der Waals surface area (Å²) < 4.78 is 6.27. The molecule has 0 saturated carbocycles. The van der Waals surface area contributed by atoms with E-state index in [9.17, 15) is 0 Å². The van der Waals surface area contributed by atoms with Gasteiger partial charge in [0, 0.05) is 44.0 Å². The number of oxazole rings is 1. The Hall–Kier alpha value is -6.85. The third-order valence-corrected chi connectivity index (χ3v) is 9.75. The quantitative estimate of drug-likeness (QED) is 0.188. The number of amidine groups is 1. The van der Waals surface area contributed by atoms with Crippen LogP contribution in [0.4, 0.5) is 0 Å². The normalized spacial score (nSPS) is 15.3. The van der Waals surface area contributed by atoms with Crippen molar-refractivity contribution in [2.24, 2.45) is 4.99 Å². The molecule has 1 N–H and O–H groups in total. The predicted molar refractivity (Wildman–Crippen MR) is 208 cm³/mol. The zero-order valence-corrected chi connectivity index (χ0v) is 27.5. The number of aromatic nitrogens is 2. The number of fused-ring (bicyclic) bond motifs is 6. The molecule has 0 bridgehead atoms. The Balaban J connectivity index is 1.00. The fourth-order valence-electron chi connectivity index (χ4n) is 7.22. The van der Waals surface area contributed by atoms with Crippen molar-refractivity contribution in [3.63, 3.8) is 0 Å². The molecule has 2 aliphatic rings. The van der Waals surface area contributed by atoms with Gasteiger partial charge >= 0.3 is 0 Å². The van der Waals surface area contributed by atoms with Crippen LogP contribution in [0.3, 0.4) is 0 Å². The lowest BCUT2D eigenvalue weighted by Gasteiger charge is -2.28. The summed E-state index contributed by atoms with van der Waals surface area (Å²) in [4.78, 5) is 15.3. The van der Waals surface area contributed by atoms with Gasteiger partial charge in [0.05, 0.1) is 22.9 Å². The molecule has 0 spiro atoms. The zero-order valence-electron chi connectivity index (χ0n) is 27.5. The number of aliphatic imine (C=N–C) groups is 1. The maximum atomic E-state index is 6.27. The summed E-state index contributed by atoms with van der Waals surface area (Å²) in [5.74, 6) is 1.49. The number of para-hydroxylation sites is 1. The molecule has 1 aliphatic carbocycles. The van der Waals surface area contributed by atoms with Gasteiger partial charge in [-0.3, -0.25) is 0 Å². The van der Waals surface area contributed by atoms with E-state index in [1.54, 1.807) is 0 Å². The molecular formula is C46H30N4O. The fraction of sp³-hybridized carbons (Fsp3) is 0.0217. The lowest BCUT2D eigenvalue weighted by Crippen LogP contribution is -2.39. The van der Waals surface area contributed by atoms with Gasteiger partial charge in [-0.05, 0) is 41.5 Å². The molecule has 0 fully saturated rings. The Morgan fingerprint density at radius 3 is 1.96 bits per heavy atom. The number of hydrogen-bond donors (Lipinski definition) is 1. The smallest absolute Gasteiger partial charge is 0.227 e. The van der Waals surface area contributed by atoms with Gasteiger partial charge in [-0.2, -0.15) is 0 Å². The van der Waals surface area contributed by atoms with Gasteiger partial charge in [0.1, 0.15) is 11.4 Å². The van der Waals surface area contributed by atoms with Gasteiger partial charge in [-0.25, -0.2) is 15.0 Å². The van der Waals surface area contributed by atoms with Crippen LogP contribution in [0.5, 0.6) is 0 Å². The highest BCUT2D eigenvalue weighted by Gasteiger charge is 2.24. The van der Waals surface area contributed by atoms with E-state index in [0.717, 1.165) is 83.4 Å². The van der Waals surface area contributed by atoms with E-state index >= 15 is 0 Å². The molecule has 5 heteroatoms. The summed E-state index contributed by atoms with van der Waals surface area (Å²) in [6.07, 6.45) is 8.51. The number of nitrogens with one attached hydrogen (secondary N) is 1. The minimum Gasteiger partial charge on any atom is -0.436 e. The van der Waals surface area contributed by atoms with Crippen LogP contribution >= 0.6 is 0 Å². The van der Waals surface area contributed by atoms with Gasteiger partial charge in [0.15, 0.2) is 5.58 Å². The average Bonchev–Trinajstić information content (AvgIpc) is 3.66. The number of rotatable bonds is 5. The van der Waals surface area contributed by atoms with Crippen molar-refractivity contribution < 1.29 is 4.42 Å². The molecule has 8 aromatic rings. The Kier molecular flexibility index (Phi) is 6.81. The first-order valence-electron chi connectivity index (χ1n) is 17.2. The van der Waals surface area contributed by atoms with E-state index in [2.05, 4.69) is 127 Å². The maximum Gasteiger partial charge on any atom is 0.227 e. The maximum absolute atomic E-state index is 6.27. The minimum atomic E-state index is 0.0797. The number of allylic oxidation sites excluding steroid dienone is 2. The van der Waals surface area contributed by atoms with Crippen molar-refractivity contribution in [3.05, 3.63) is 187 Å². The predicted octanol–water partition coefficient (Wildman–Crippen LogP) is 10.8. The van der Waals surface area contributed by atoms with Gasteiger partial charge < -0.3 is 9.73 Å². The van der Waals surface area contributed by atoms with Crippen LogP contribution in [0.2, 0.25) is 0 Å². The van der Waals surface area contributed by atoms with Crippen LogP contribution < -0.4 is 5.32 Å². The number of pyridine rings is 1. The molecule has 0 amide bonds. The number of benzene rings is 6. The van der Waals surface area contributed by atoms with Crippen LogP contribution in [0.1, 0.15) is 11.1 Å². The summed E-state index contributed by atoms with van der Waals surface area (Å²) in [5, 5.41) is 6.79. The van der Waals surface area contributed by atoms with E-state index in [1.165, 1.54) is 5.57 Å². The Bertz CT molecular complexity index is 2740. The molecule has 240 valence electrons. The summed E-state index contributed by atoms with van der Waals surface area (Å²) in [5.41, 5.74) is 12.1. The van der Waals surface area contributed by atoms with Gasteiger partial charge in [0.25, 0.3) is 0 Å². The van der Waals surface area contributed by atoms with Gasteiger partial charge in [-0.15, -0.1) is 0 Å². The van der Waals surface area contributed by atoms with E-state index in [0.29, 0.717) is 5.89 Å². The molecule has 51 heavy (non-hydrogen) atoms. The summed E-state index contributed by atoms with van der Waals surface area (Å²) >= 11 is 0. The third kappa shape index (κ3) is 5.06. The highest BCUT2D eigenvalue weighted by molar-refractivity contribution is 6.20. The largest absolute Gasteiger partial charge is 0.436 e. The first-order chi connectivity index (χ1) is 25.3. The molecule has 6 aromatic carbocycles. The Morgan fingerprint density at radius 1 is 0.529 bits per heavy atom. The van der Waals surface area contributed by atoms with E-state index in [-0.39, 0.29) is 6.04 Å². The van der Waals surface area contributed by atoms with Gasteiger partial charge in [0.2, 0.25) is 5.89 Å². The van der Waals surface area contributed by atoms with Crippen molar-refractivity contribution in [2.45, 2.75) is 6.04 Å². The monoisotopic (exact) mass is 654 g/mol. The minimum absolute atomic E-state index is 0.0797. The van der Waals surface area contributed by atoms with Crippen molar-refractivity contribution in [1.29, 1.82) is 0 Å². The lowest BCUT2D eigenvalue weighted by atomic mass is 9.94. The highest BCUT2D eigenvalue weighted by Crippen LogP contribution is 2.39. The molecule has 0 radical (unpaired) electrons. The molecule has 0 saturated heterocycles. The summed E-state index contributed by atoms with van der Waals surface area (Å²) in [7, 11) is 0. The first kappa shape index (κ1) is 29.1. The van der Waals surface area contributed by atoms with Crippen LogP contribution in [0.15, 0.2) is 185 Å².